The number of hydrogen-bond acceptors (Lipinski definition) is 2. The van der Waals surface area contributed by atoms with Crippen molar-refractivity contribution in [2.24, 2.45) is 5.92 Å². The molecule has 20 heavy (non-hydrogen) atoms. The Morgan fingerprint density at radius 2 is 1.90 bits per heavy atom. The predicted octanol–water partition coefficient (Wildman–Crippen LogP) is 3.17. The summed E-state index contributed by atoms with van der Waals surface area (Å²) in [4.78, 5) is 25.0. The fourth-order valence-electron chi connectivity index (χ4n) is 2.59. The molecule has 5 heteroatoms. The number of carbonyl (C=O) groups is 2. The molecule has 0 bridgehead atoms. The minimum absolute atomic E-state index is 0.0356. The normalized spacial score (nSPS) is 19.4. The first-order valence-corrected chi connectivity index (χ1v) is 7.62. The molecule has 1 N–H and O–H groups in total. The standard InChI is InChI=1S/C15H18BrNO3/c16-13-5-3-12(4-6-13)15(20)17-8-1-2-11(7-9-17)10-14(18)19/h3-6,11H,1-2,7-10H2,(H,18,19)/t11-/m1/s1. The van der Waals surface area contributed by atoms with E-state index in [9.17, 15) is 9.59 Å². The van der Waals surface area contributed by atoms with E-state index in [0.29, 0.717) is 18.7 Å². The van der Waals surface area contributed by atoms with Crippen molar-refractivity contribution in [1.29, 1.82) is 0 Å². The number of carboxylic acids is 1. The van der Waals surface area contributed by atoms with E-state index in [1.54, 1.807) is 0 Å². The summed E-state index contributed by atoms with van der Waals surface area (Å²) in [6.07, 6.45) is 2.74. The lowest BCUT2D eigenvalue weighted by Crippen LogP contribution is -2.32. The smallest absolute Gasteiger partial charge is 0.303 e. The minimum Gasteiger partial charge on any atom is -0.481 e. The highest BCUT2D eigenvalue weighted by molar-refractivity contribution is 9.10. The van der Waals surface area contributed by atoms with Gasteiger partial charge in [0, 0.05) is 29.5 Å². The lowest BCUT2D eigenvalue weighted by Gasteiger charge is -2.20. The van der Waals surface area contributed by atoms with Crippen molar-refractivity contribution < 1.29 is 14.7 Å². The molecule has 4 nitrogen and oxygen atoms in total. The van der Waals surface area contributed by atoms with Crippen molar-refractivity contribution in [3.63, 3.8) is 0 Å². The zero-order chi connectivity index (χ0) is 14.5. The van der Waals surface area contributed by atoms with E-state index in [0.717, 1.165) is 23.7 Å². The van der Waals surface area contributed by atoms with Gasteiger partial charge in [-0.2, -0.15) is 0 Å². The maximum Gasteiger partial charge on any atom is 0.303 e. The molecule has 0 unspecified atom stereocenters. The SMILES string of the molecule is O=C(O)C[C@@H]1CCCN(C(=O)c2ccc(Br)cc2)CC1. The van der Waals surface area contributed by atoms with Gasteiger partial charge in [0.05, 0.1) is 0 Å². The highest BCUT2D eigenvalue weighted by atomic mass is 79.9. The van der Waals surface area contributed by atoms with Crippen LogP contribution < -0.4 is 0 Å². The molecule has 0 saturated carbocycles. The molecule has 0 radical (unpaired) electrons. The number of likely N-dealkylation sites (tertiary alicyclic amines) is 1. The first-order valence-electron chi connectivity index (χ1n) is 6.83. The molecule has 0 spiro atoms. The van der Waals surface area contributed by atoms with Gasteiger partial charge in [-0.05, 0) is 49.4 Å². The van der Waals surface area contributed by atoms with Crippen molar-refractivity contribution >= 4 is 27.8 Å². The molecular formula is C15H18BrNO3. The number of halogens is 1. The highest BCUT2D eigenvalue weighted by Crippen LogP contribution is 2.22. The molecule has 2 rings (SSSR count). The van der Waals surface area contributed by atoms with Gasteiger partial charge in [0.15, 0.2) is 0 Å². The number of hydrogen-bond donors (Lipinski definition) is 1. The van der Waals surface area contributed by atoms with Crippen LogP contribution in [0.1, 0.15) is 36.0 Å². The molecule has 1 fully saturated rings. The van der Waals surface area contributed by atoms with Crippen molar-refractivity contribution in [1.82, 2.24) is 4.90 Å². The summed E-state index contributed by atoms with van der Waals surface area (Å²) in [5, 5.41) is 8.85. The summed E-state index contributed by atoms with van der Waals surface area (Å²) in [6.45, 7) is 1.36. The second-order valence-electron chi connectivity index (χ2n) is 5.19. The molecule has 1 aliphatic heterocycles. The Hall–Kier alpha value is -1.36. The van der Waals surface area contributed by atoms with Crippen molar-refractivity contribution in [3.8, 4) is 0 Å². The van der Waals surface area contributed by atoms with E-state index in [2.05, 4.69) is 15.9 Å². The molecular weight excluding hydrogens is 322 g/mol. The van der Waals surface area contributed by atoms with Gasteiger partial charge < -0.3 is 10.0 Å². The van der Waals surface area contributed by atoms with Gasteiger partial charge >= 0.3 is 5.97 Å². The number of aliphatic carboxylic acids is 1. The van der Waals surface area contributed by atoms with Crippen molar-refractivity contribution in [3.05, 3.63) is 34.3 Å². The van der Waals surface area contributed by atoms with Gasteiger partial charge in [-0.3, -0.25) is 9.59 Å². The fraction of sp³-hybridized carbons (Fsp3) is 0.467. The van der Waals surface area contributed by atoms with Gasteiger partial charge in [-0.15, -0.1) is 0 Å². The summed E-state index contributed by atoms with van der Waals surface area (Å²) < 4.78 is 0.950. The number of benzene rings is 1. The summed E-state index contributed by atoms with van der Waals surface area (Å²) >= 11 is 3.35. The van der Waals surface area contributed by atoms with E-state index < -0.39 is 5.97 Å². The van der Waals surface area contributed by atoms with Crippen LogP contribution in [0.3, 0.4) is 0 Å². The lowest BCUT2D eigenvalue weighted by molar-refractivity contribution is -0.138. The predicted molar refractivity (Wildman–Crippen MR) is 79.6 cm³/mol. The zero-order valence-electron chi connectivity index (χ0n) is 11.2. The maximum atomic E-state index is 12.4. The minimum atomic E-state index is -0.748. The second-order valence-corrected chi connectivity index (χ2v) is 6.11. The summed E-state index contributed by atoms with van der Waals surface area (Å²) in [5.41, 5.74) is 0.685. The molecule has 1 heterocycles. The molecule has 0 aliphatic carbocycles. The number of amides is 1. The quantitative estimate of drug-likeness (QED) is 0.920. The van der Waals surface area contributed by atoms with Crippen LogP contribution in [0.5, 0.6) is 0 Å². The van der Waals surface area contributed by atoms with Crippen molar-refractivity contribution in [2.75, 3.05) is 13.1 Å². The van der Waals surface area contributed by atoms with Gasteiger partial charge in [-0.25, -0.2) is 0 Å². The van der Waals surface area contributed by atoms with Crippen LogP contribution in [-0.4, -0.2) is 35.0 Å². The molecule has 1 amide bonds. The molecule has 0 aromatic heterocycles. The largest absolute Gasteiger partial charge is 0.481 e. The van der Waals surface area contributed by atoms with Crippen LogP contribution in [0.2, 0.25) is 0 Å². The molecule has 1 aliphatic rings. The average Bonchev–Trinajstić information content (AvgIpc) is 2.64. The number of carboxylic acid groups (broad SMARTS) is 1. The van der Waals surface area contributed by atoms with E-state index in [1.165, 1.54) is 0 Å². The van der Waals surface area contributed by atoms with Gasteiger partial charge in [0.2, 0.25) is 0 Å². The topological polar surface area (TPSA) is 57.6 Å². The molecule has 1 atom stereocenters. The number of carbonyl (C=O) groups excluding carboxylic acids is 1. The van der Waals surface area contributed by atoms with Crippen LogP contribution in [0.4, 0.5) is 0 Å². The molecule has 1 aromatic carbocycles. The summed E-state index contributed by atoms with van der Waals surface area (Å²) in [6, 6.07) is 7.34. The first kappa shape index (κ1) is 15.0. The van der Waals surface area contributed by atoms with Crippen LogP contribution >= 0.6 is 15.9 Å². The highest BCUT2D eigenvalue weighted by Gasteiger charge is 2.22. The molecule has 1 saturated heterocycles. The van der Waals surface area contributed by atoms with E-state index >= 15 is 0 Å². The van der Waals surface area contributed by atoms with E-state index in [1.807, 2.05) is 29.2 Å². The molecule has 1 aromatic rings. The van der Waals surface area contributed by atoms with Crippen LogP contribution in [0, 0.1) is 5.92 Å². The Kier molecular flexibility index (Phi) is 5.17. The third-order valence-corrected chi connectivity index (χ3v) is 4.22. The third-order valence-electron chi connectivity index (χ3n) is 3.69. The Bertz CT molecular complexity index is 486. The van der Waals surface area contributed by atoms with Crippen LogP contribution in [0.25, 0.3) is 0 Å². The Labute approximate surface area is 126 Å². The Morgan fingerprint density at radius 3 is 2.55 bits per heavy atom. The maximum absolute atomic E-state index is 12.4. The zero-order valence-corrected chi connectivity index (χ0v) is 12.8. The monoisotopic (exact) mass is 339 g/mol. The first-order chi connectivity index (χ1) is 9.56. The Morgan fingerprint density at radius 1 is 1.20 bits per heavy atom. The van der Waals surface area contributed by atoms with E-state index in [-0.39, 0.29) is 18.2 Å². The van der Waals surface area contributed by atoms with Gasteiger partial charge in [0.25, 0.3) is 5.91 Å². The van der Waals surface area contributed by atoms with E-state index in [4.69, 9.17) is 5.11 Å². The second kappa shape index (κ2) is 6.88. The lowest BCUT2D eigenvalue weighted by atomic mass is 9.97. The van der Waals surface area contributed by atoms with Crippen LogP contribution in [-0.2, 0) is 4.79 Å². The fourth-order valence-corrected chi connectivity index (χ4v) is 2.86. The van der Waals surface area contributed by atoms with Gasteiger partial charge in [-0.1, -0.05) is 15.9 Å². The van der Waals surface area contributed by atoms with Crippen LogP contribution in [0.15, 0.2) is 28.7 Å². The summed E-state index contributed by atoms with van der Waals surface area (Å²) in [5.74, 6) is -0.522. The Balaban J connectivity index is 1.97. The molecule has 108 valence electrons. The van der Waals surface area contributed by atoms with Gasteiger partial charge in [0.1, 0.15) is 0 Å². The number of rotatable bonds is 3. The number of nitrogens with zero attached hydrogens (tertiary/aromatic N) is 1. The third kappa shape index (κ3) is 4.07. The van der Waals surface area contributed by atoms with Crippen molar-refractivity contribution in [2.45, 2.75) is 25.7 Å². The average molecular weight is 340 g/mol. The summed E-state index contributed by atoms with van der Waals surface area (Å²) in [7, 11) is 0.